The molecular formula is C15H24N2O. The number of anilines is 1. The van der Waals surface area contributed by atoms with Gasteiger partial charge in [0.25, 0.3) is 0 Å². The van der Waals surface area contributed by atoms with Crippen molar-refractivity contribution in [2.24, 2.45) is 5.73 Å². The maximum atomic E-state index is 6.20. The third kappa shape index (κ3) is 2.32. The van der Waals surface area contributed by atoms with Crippen molar-refractivity contribution >= 4 is 5.69 Å². The van der Waals surface area contributed by atoms with E-state index < -0.39 is 0 Å². The van der Waals surface area contributed by atoms with Gasteiger partial charge in [-0.3, -0.25) is 0 Å². The molecule has 2 unspecified atom stereocenters. The van der Waals surface area contributed by atoms with Crippen LogP contribution in [0.25, 0.3) is 0 Å². The minimum Gasteiger partial charge on any atom is -0.494 e. The summed E-state index contributed by atoms with van der Waals surface area (Å²) in [6.45, 7) is 4.22. The van der Waals surface area contributed by atoms with Crippen molar-refractivity contribution in [1.29, 1.82) is 0 Å². The molecule has 2 atom stereocenters. The van der Waals surface area contributed by atoms with E-state index in [1.165, 1.54) is 24.0 Å². The van der Waals surface area contributed by atoms with Crippen LogP contribution in [0, 0.1) is 13.8 Å². The molecular weight excluding hydrogens is 224 g/mol. The van der Waals surface area contributed by atoms with E-state index in [0.29, 0.717) is 6.04 Å². The molecule has 1 fully saturated rings. The number of aryl methyl sites for hydroxylation is 2. The Labute approximate surface area is 110 Å². The summed E-state index contributed by atoms with van der Waals surface area (Å²) in [4.78, 5) is 2.30. The molecule has 0 heterocycles. The first kappa shape index (κ1) is 13.2. The Bertz CT molecular complexity index is 431. The van der Waals surface area contributed by atoms with E-state index in [1.54, 1.807) is 7.11 Å². The number of ether oxygens (including phenoxy) is 1. The standard InChI is InChI=1S/C15H24N2O/c1-10-8-11(2)15(18-4)14(9-10)17(3)13-7-5-6-12(13)16/h8-9,12-13H,5-7,16H2,1-4H3. The summed E-state index contributed by atoms with van der Waals surface area (Å²) in [5, 5.41) is 0. The lowest BCUT2D eigenvalue weighted by molar-refractivity contribution is 0.409. The molecule has 0 spiro atoms. The number of rotatable bonds is 3. The van der Waals surface area contributed by atoms with Crippen LogP contribution in [-0.2, 0) is 0 Å². The summed E-state index contributed by atoms with van der Waals surface area (Å²) in [6.07, 6.45) is 3.53. The zero-order chi connectivity index (χ0) is 13.3. The van der Waals surface area contributed by atoms with Crippen LogP contribution in [0.1, 0.15) is 30.4 Å². The molecule has 1 aromatic rings. The van der Waals surface area contributed by atoms with E-state index in [2.05, 4.69) is 37.9 Å². The van der Waals surface area contributed by atoms with E-state index in [9.17, 15) is 0 Å². The Balaban J connectivity index is 2.37. The number of likely N-dealkylation sites (N-methyl/N-ethyl adjacent to an activating group) is 1. The van der Waals surface area contributed by atoms with Crippen LogP contribution in [0.5, 0.6) is 5.75 Å². The number of methoxy groups -OCH3 is 1. The molecule has 0 aromatic heterocycles. The fourth-order valence-corrected chi connectivity index (χ4v) is 3.09. The van der Waals surface area contributed by atoms with E-state index >= 15 is 0 Å². The molecule has 1 aliphatic rings. The molecule has 0 bridgehead atoms. The van der Waals surface area contributed by atoms with Crippen LogP contribution in [-0.4, -0.2) is 26.2 Å². The van der Waals surface area contributed by atoms with Crippen molar-refractivity contribution < 1.29 is 4.74 Å². The normalized spacial score (nSPS) is 23.2. The van der Waals surface area contributed by atoms with Gasteiger partial charge in [0.15, 0.2) is 0 Å². The van der Waals surface area contributed by atoms with Crippen LogP contribution in [0.3, 0.4) is 0 Å². The van der Waals surface area contributed by atoms with E-state index in [4.69, 9.17) is 10.5 Å². The number of nitrogens with zero attached hydrogens (tertiary/aromatic N) is 1. The fraction of sp³-hybridized carbons (Fsp3) is 0.600. The number of hydrogen-bond donors (Lipinski definition) is 1. The summed E-state index contributed by atoms with van der Waals surface area (Å²) in [5.74, 6) is 0.974. The number of nitrogens with two attached hydrogens (primary N) is 1. The predicted octanol–water partition coefficient (Wildman–Crippen LogP) is 2.63. The maximum absolute atomic E-state index is 6.20. The van der Waals surface area contributed by atoms with Gasteiger partial charge < -0.3 is 15.4 Å². The highest BCUT2D eigenvalue weighted by molar-refractivity contribution is 5.63. The first-order valence-corrected chi connectivity index (χ1v) is 6.68. The Kier molecular flexibility index (Phi) is 3.81. The van der Waals surface area contributed by atoms with Gasteiger partial charge in [-0.2, -0.15) is 0 Å². The molecule has 1 saturated carbocycles. The predicted molar refractivity (Wildman–Crippen MR) is 76.5 cm³/mol. The third-order valence-electron chi connectivity index (χ3n) is 4.01. The van der Waals surface area contributed by atoms with Gasteiger partial charge in [-0.05, 0) is 50.3 Å². The van der Waals surface area contributed by atoms with Gasteiger partial charge >= 0.3 is 0 Å². The second kappa shape index (κ2) is 5.19. The lowest BCUT2D eigenvalue weighted by atomic mass is 10.1. The van der Waals surface area contributed by atoms with Crippen molar-refractivity contribution in [2.45, 2.75) is 45.2 Å². The second-order valence-electron chi connectivity index (χ2n) is 5.41. The van der Waals surface area contributed by atoms with Crippen LogP contribution < -0.4 is 15.4 Å². The van der Waals surface area contributed by atoms with Crippen molar-refractivity contribution in [2.75, 3.05) is 19.1 Å². The second-order valence-corrected chi connectivity index (χ2v) is 5.41. The SMILES string of the molecule is COc1c(C)cc(C)cc1N(C)C1CCCC1N. The lowest BCUT2D eigenvalue weighted by Gasteiger charge is -2.31. The maximum Gasteiger partial charge on any atom is 0.145 e. The molecule has 1 aliphatic carbocycles. The van der Waals surface area contributed by atoms with Gasteiger partial charge in [0.2, 0.25) is 0 Å². The van der Waals surface area contributed by atoms with Crippen LogP contribution in [0.15, 0.2) is 12.1 Å². The monoisotopic (exact) mass is 248 g/mol. The quantitative estimate of drug-likeness (QED) is 0.893. The Morgan fingerprint density at radius 1 is 1.28 bits per heavy atom. The Hall–Kier alpha value is -1.22. The summed E-state index contributed by atoms with van der Waals surface area (Å²) in [7, 11) is 3.87. The molecule has 0 amide bonds. The van der Waals surface area contributed by atoms with Gasteiger partial charge in [-0.25, -0.2) is 0 Å². The first-order chi connectivity index (χ1) is 8.54. The number of hydrogen-bond acceptors (Lipinski definition) is 3. The van der Waals surface area contributed by atoms with Gasteiger partial charge in [0.05, 0.1) is 12.8 Å². The van der Waals surface area contributed by atoms with Gasteiger partial charge in [-0.15, -0.1) is 0 Å². The van der Waals surface area contributed by atoms with Gasteiger partial charge in [-0.1, -0.05) is 6.07 Å². The highest BCUT2D eigenvalue weighted by Gasteiger charge is 2.29. The van der Waals surface area contributed by atoms with E-state index in [0.717, 1.165) is 17.9 Å². The minimum atomic E-state index is 0.278. The highest BCUT2D eigenvalue weighted by atomic mass is 16.5. The average molecular weight is 248 g/mol. The first-order valence-electron chi connectivity index (χ1n) is 6.68. The molecule has 0 saturated heterocycles. The van der Waals surface area contributed by atoms with Crippen LogP contribution in [0.2, 0.25) is 0 Å². The number of benzene rings is 1. The molecule has 100 valence electrons. The summed E-state index contributed by atoms with van der Waals surface area (Å²) >= 11 is 0. The fourth-order valence-electron chi connectivity index (χ4n) is 3.09. The summed E-state index contributed by atoms with van der Waals surface area (Å²) in [5.41, 5.74) is 9.82. The molecule has 3 nitrogen and oxygen atoms in total. The van der Waals surface area contributed by atoms with Crippen LogP contribution in [0.4, 0.5) is 5.69 Å². The largest absolute Gasteiger partial charge is 0.494 e. The smallest absolute Gasteiger partial charge is 0.145 e. The van der Waals surface area contributed by atoms with Crippen molar-refractivity contribution in [3.63, 3.8) is 0 Å². The summed E-state index contributed by atoms with van der Waals surface area (Å²) in [6, 6.07) is 5.06. The van der Waals surface area contributed by atoms with Crippen molar-refractivity contribution in [3.05, 3.63) is 23.3 Å². The highest BCUT2D eigenvalue weighted by Crippen LogP contribution is 2.36. The molecule has 0 aliphatic heterocycles. The van der Waals surface area contributed by atoms with E-state index in [1.807, 2.05) is 0 Å². The average Bonchev–Trinajstić information content (AvgIpc) is 2.73. The molecule has 1 aromatic carbocycles. The Morgan fingerprint density at radius 3 is 2.56 bits per heavy atom. The zero-order valence-corrected chi connectivity index (χ0v) is 11.9. The van der Waals surface area contributed by atoms with Crippen molar-refractivity contribution in [3.8, 4) is 5.75 Å². The Morgan fingerprint density at radius 2 is 2.00 bits per heavy atom. The topological polar surface area (TPSA) is 38.5 Å². The third-order valence-corrected chi connectivity index (χ3v) is 4.01. The molecule has 18 heavy (non-hydrogen) atoms. The van der Waals surface area contributed by atoms with Gasteiger partial charge in [0, 0.05) is 19.1 Å². The van der Waals surface area contributed by atoms with E-state index in [-0.39, 0.29) is 6.04 Å². The summed E-state index contributed by atoms with van der Waals surface area (Å²) < 4.78 is 5.56. The minimum absolute atomic E-state index is 0.278. The molecule has 2 N–H and O–H groups in total. The lowest BCUT2D eigenvalue weighted by Crippen LogP contribution is -2.42. The molecule has 3 heteroatoms. The van der Waals surface area contributed by atoms with Gasteiger partial charge in [0.1, 0.15) is 5.75 Å². The molecule has 0 radical (unpaired) electrons. The molecule has 2 rings (SSSR count). The zero-order valence-electron chi connectivity index (χ0n) is 11.9. The van der Waals surface area contributed by atoms with Crippen molar-refractivity contribution in [1.82, 2.24) is 0 Å². The van der Waals surface area contributed by atoms with Crippen LogP contribution >= 0.6 is 0 Å².